The molecule has 166 valence electrons. The van der Waals surface area contributed by atoms with Gasteiger partial charge in [0.1, 0.15) is 11.6 Å². The summed E-state index contributed by atoms with van der Waals surface area (Å²) in [5.74, 6) is 1.05. The average molecular weight is 490 g/mol. The van der Waals surface area contributed by atoms with Gasteiger partial charge in [-0.2, -0.15) is 0 Å². The number of anilines is 1. The van der Waals surface area contributed by atoms with Crippen molar-refractivity contribution in [3.8, 4) is 5.75 Å². The van der Waals surface area contributed by atoms with Crippen LogP contribution in [0.4, 0.5) is 5.82 Å². The van der Waals surface area contributed by atoms with E-state index in [2.05, 4.69) is 25.8 Å². The highest BCUT2D eigenvalue weighted by Gasteiger charge is 2.25. The summed E-state index contributed by atoms with van der Waals surface area (Å²) in [6, 6.07) is 9.35. The van der Waals surface area contributed by atoms with E-state index in [1.165, 1.54) is 6.20 Å². The van der Waals surface area contributed by atoms with E-state index in [0.717, 1.165) is 28.8 Å². The number of benzene rings is 1. The van der Waals surface area contributed by atoms with Gasteiger partial charge in [0.25, 0.3) is 5.91 Å². The number of pyridine rings is 1. The van der Waals surface area contributed by atoms with Crippen LogP contribution in [0.3, 0.4) is 0 Å². The summed E-state index contributed by atoms with van der Waals surface area (Å²) < 4.78 is 11.8. The first-order valence-electron chi connectivity index (χ1n) is 10.5. The highest BCUT2D eigenvalue weighted by molar-refractivity contribution is 9.10. The molecule has 0 aliphatic carbocycles. The number of nitrogens with zero attached hydrogens (tertiary/aromatic N) is 3. The molecule has 2 aromatic rings. The van der Waals surface area contributed by atoms with Crippen LogP contribution in [0, 0.1) is 6.92 Å². The van der Waals surface area contributed by atoms with E-state index in [1.807, 2.05) is 36.1 Å². The maximum Gasteiger partial charge on any atom is 0.339 e. The molecule has 1 aromatic carbocycles. The molecular weight excluding hydrogens is 462 g/mol. The number of rotatable bonds is 6. The summed E-state index contributed by atoms with van der Waals surface area (Å²) >= 11 is 3.50. The molecule has 1 aliphatic heterocycles. The Morgan fingerprint density at radius 1 is 1.16 bits per heavy atom. The summed E-state index contributed by atoms with van der Waals surface area (Å²) in [5, 5.41) is 0. The second-order valence-corrected chi connectivity index (χ2v) is 8.34. The van der Waals surface area contributed by atoms with E-state index in [0.29, 0.717) is 37.6 Å². The summed E-state index contributed by atoms with van der Waals surface area (Å²) in [7, 11) is 0. The molecule has 31 heavy (non-hydrogen) atoms. The summed E-state index contributed by atoms with van der Waals surface area (Å²) in [5.41, 5.74) is 1.56. The van der Waals surface area contributed by atoms with Crippen molar-refractivity contribution in [2.45, 2.75) is 33.3 Å². The van der Waals surface area contributed by atoms with Gasteiger partial charge in [-0.1, -0.05) is 6.07 Å². The average Bonchev–Trinajstić information content (AvgIpc) is 3.01. The van der Waals surface area contributed by atoms with Crippen LogP contribution >= 0.6 is 15.9 Å². The van der Waals surface area contributed by atoms with E-state index in [1.54, 1.807) is 19.9 Å². The number of amides is 1. The van der Waals surface area contributed by atoms with Crippen LogP contribution in [-0.2, 0) is 9.53 Å². The number of carbonyl (C=O) groups excluding carboxylic acids is 2. The SMILES string of the molecule is CCOC(=O)c1ccc(N2CCCN(C(=O)C(C)Oc3ccc(C)cc3Br)CC2)nc1. The van der Waals surface area contributed by atoms with Gasteiger partial charge in [-0.25, -0.2) is 9.78 Å². The molecule has 0 bridgehead atoms. The Morgan fingerprint density at radius 3 is 2.65 bits per heavy atom. The highest BCUT2D eigenvalue weighted by atomic mass is 79.9. The van der Waals surface area contributed by atoms with E-state index in [4.69, 9.17) is 9.47 Å². The van der Waals surface area contributed by atoms with Crippen LogP contribution < -0.4 is 9.64 Å². The Balaban J connectivity index is 1.58. The molecule has 3 rings (SSSR count). The largest absolute Gasteiger partial charge is 0.480 e. The maximum absolute atomic E-state index is 13.0. The lowest BCUT2D eigenvalue weighted by atomic mass is 10.2. The number of ether oxygens (including phenoxy) is 2. The molecule has 1 atom stereocenters. The normalized spacial score (nSPS) is 15.2. The number of halogens is 1. The second kappa shape index (κ2) is 10.6. The van der Waals surface area contributed by atoms with Crippen molar-refractivity contribution in [3.05, 3.63) is 52.1 Å². The fraction of sp³-hybridized carbons (Fsp3) is 0.435. The van der Waals surface area contributed by atoms with Crippen LogP contribution in [0.25, 0.3) is 0 Å². The Labute approximate surface area is 191 Å². The molecular formula is C23H28BrN3O4. The quantitative estimate of drug-likeness (QED) is 0.574. The topological polar surface area (TPSA) is 72.0 Å². The summed E-state index contributed by atoms with van der Waals surface area (Å²) in [6.07, 6.45) is 1.79. The predicted molar refractivity (Wildman–Crippen MR) is 123 cm³/mol. The minimum atomic E-state index is -0.576. The summed E-state index contributed by atoms with van der Waals surface area (Å²) in [6.45, 7) is 8.60. The van der Waals surface area contributed by atoms with E-state index in [-0.39, 0.29) is 11.9 Å². The van der Waals surface area contributed by atoms with Crippen molar-refractivity contribution in [1.29, 1.82) is 0 Å². The Hall–Kier alpha value is -2.61. The first-order chi connectivity index (χ1) is 14.9. The molecule has 8 heteroatoms. The van der Waals surface area contributed by atoms with Gasteiger partial charge in [0, 0.05) is 32.4 Å². The summed E-state index contributed by atoms with van der Waals surface area (Å²) in [4.78, 5) is 33.2. The monoisotopic (exact) mass is 489 g/mol. The first-order valence-corrected chi connectivity index (χ1v) is 11.3. The van der Waals surface area contributed by atoms with Gasteiger partial charge < -0.3 is 19.3 Å². The molecule has 1 aliphatic rings. The molecule has 1 aromatic heterocycles. The smallest absolute Gasteiger partial charge is 0.339 e. The molecule has 1 unspecified atom stereocenters. The Morgan fingerprint density at radius 2 is 1.97 bits per heavy atom. The van der Waals surface area contributed by atoms with Gasteiger partial charge in [-0.05, 0) is 73.0 Å². The number of aromatic nitrogens is 1. The van der Waals surface area contributed by atoms with Crippen LogP contribution in [0.5, 0.6) is 5.75 Å². The minimum Gasteiger partial charge on any atom is -0.480 e. The fourth-order valence-electron chi connectivity index (χ4n) is 3.47. The van der Waals surface area contributed by atoms with Crippen LogP contribution in [0.1, 0.15) is 36.2 Å². The molecule has 0 N–H and O–H groups in total. The number of carbonyl (C=O) groups is 2. The molecule has 1 saturated heterocycles. The standard InChI is InChI=1S/C23H28BrN3O4/c1-4-30-23(29)18-7-9-21(25-15-18)26-10-5-11-27(13-12-26)22(28)17(3)31-20-8-6-16(2)14-19(20)24/h6-9,14-15,17H,4-5,10-13H2,1-3H3. The van der Waals surface area contributed by atoms with E-state index >= 15 is 0 Å². The van der Waals surface area contributed by atoms with Gasteiger partial charge in [0.05, 0.1) is 16.6 Å². The molecule has 7 nitrogen and oxygen atoms in total. The number of esters is 1. The lowest BCUT2D eigenvalue weighted by Gasteiger charge is -2.25. The number of aryl methyl sites for hydroxylation is 1. The fourth-order valence-corrected chi connectivity index (χ4v) is 4.06. The second-order valence-electron chi connectivity index (χ2n) is 7.49. The van der Waals surface area contributed by atoms with Gasteiger partial charge in [-0.15, -0.1) is 0 Å². The van der Waals surface area contributed by atoms with Crippen molar-refractivity contribution < 1.29 is 19.1 Å². The van der Waals surface area contributed by atoms with Crippen molar-refractivity contribution in [3.63, 3.8) is 0 Å². The van der Waals surface area contributed by atoms with Gasteiger partial charge in [-0.3, -0.25) is 4.79 Å². The van der Waals surface area contributed by atoms with Gasteiger partial charge in [0.15, 0.2) is 6.10 Å². The third-order valence-electron chi connectivity index (χ3n) is 5.13. The Bertz CT molecular complexity index is 920. The lowest BCUT2D eigenvalue weighted by molar-refractivity contribution is -0.137. The van der Waals surface area contributed by atoms with Crippen LogP contribution in [0.2, 0.25) is 0 Å². The number of hydrogen-bond acceptors (Lipinski definition) is 6. The van der Waals surface area contributed by atoms with Gasteiger partial charge in [0.2, 0.25) is 0 Å². The molecule has 0 spiro atoms. The molecule has 0 radical (unpaired) electrons. The highest BCUT2D eigenvalue weighted by Crippen LogP contribution is 2.27. The Kier molecular flexibility index (Phi) is 7.90. The minimum absolute atomic E-state index is 0.0278. The molecule has 2 heterocycles. The van der Waals surface area contributed by atoms with Gasteiger partial charge >= 0.3 is 5.97 Å². The zero-order valence-corrected chi connectivity index (χ0v) is 19.7. The predicted octanol–water partition coefficient (Wildman–Crippen LogP) is 3.84. The lowest BCUT2D eigenvalue weighted by Crippen LogP contribution is -2.42. The van der Waals surface area contributed by atoms with Crippen LogP contribution in [0.15, 0.2) is 41.0 Å². The van der Waals surface area contributed by atoms with Crippen molar-refractivity contribution in [2.24, 2.45) is 0 Å². The molecule has 1 amide bonds. The van der Waals surface area contributed by atoms with Crippen LogP contribution in [-0.4, -0.2) is 60.7 Å². The van der Waals surface area contributed by atoms with E-state index in [9.17, 15) is 9.59 Å². The van der Waals surface area contributed by atoms with Crippen molar-refractivity contribution in [1.82, 2.24) is 9.88 Å². The maximum atomic E-state index is 13.0. The molecule has 1 fully saturated rings. The number of hydrogen-bond donors (Lipinski definition) is 0. The third kappa shape index (κ3) is 5.97. The molecule has 0 saturated carbocycles. The zero-order valence-electron chi connectivity index (χ0n) is 18.1. The first kappa shape index (κ1) is 23.1. The third-order valence-corrected chi connectivity index (χ3v) is 5.75. The van der Waals surface area contributed by atoms with Crippen molar-refractivity contribution in [2.75, 3.05) is 37.7 Å². The van der Waals surface area contributed by atoms with Crippen molar-refractivity contribution >= 4 is 33.6 Å². The van der Waals surface area contributed by atoms with E-state index < -0.39 is 6.10 Å². The zero-order chi connectivity index (χ0) is 22.4.